The molecule has 2 rings (SSSR count). The highest BCUT2D eigenvalue weighted by Crippen LogP contribution is 2.23. The predicted molar refractivity (Wildman–Crippen MR) is 72.1 cm³/mol. The molecule has 6 nitrogen and oxygen atoms in total. The Hall–Kier alpha value is -1.95. The largest absolute Gasteiger partial charge is 0.373 e. The standard InChI is InChI=1S/C13H18N4O2/c1-13(5-2-6-19-13)9-17-11(18)4-3-10-7-15-12(14)16-8-10/h3-4,7-8H,2,5-6,9H2,1H3,(H,17,18)(H2,14,15,16). The summed E-state index contributed by atoms with van der Waals surface area (Å²) in [7, 11) is 0. The quantitative estimate of drug-likeness (QED) is 0.782. The molecule has 0 bridgehead atoms. The van der Waals surface area contributed by atoms with Gasteiger partial charge in [-0.1, -0.05) is 0 Å². The van der Waals surface area contributed by atoms with E-state index in [0.29, 0.717) is 6.54 Å². The summed E-state index contributed by atoms with van der Waals surface area (Å²) in [5.74, 6) is 0.0569. The molecule has 0 aliphatic carbocycles. The van der Waals surface area contributed by atoms with E-state index in [4.69, 9.17) is 10.5 Å². The van der Waals surface area contributed by atoms with Crippen molar-refractivity contribution in [3.05, 3.63) is 24.0 Å². The highest BCUT2D eigenvalue weighted by Gasteiger charge is 2.29. The van der Waals surface area contributed by atoms with Gasteiger partial charge in [-0.3, -0.25) is 4.79 Å². The number of nitrogens with one attached hydrogen (secondary N) is 1. The monoisotopic (exact) mass is 262 g/mol. The van der Waals surface area contributed by atoms with Crippen molar-refractivity contribution in [2.75, 3.05) is 18.9 Å². The van der Waals surface area contributed by atoms with Crippen LogP contribution >= 0.6 is 0 Å². The van der Waals surface area contributed by atoms with Gasteiger partial charge < -0.3 is 15.8 Å². The van der Waals surface area contributed by atoms with Crippen molar-refractivity contribution in [2.24, 2.45) is 0 Å². The summed E-state index contributed by atoms with van der Waals surface area (Å²) in [5, 5.41) is 2.83. The maximum absolute atomic E-state index is 11.7. The van der Waals surface area contributed by atoms with Gasteiger partial charge in [0.1, 0.15) is 0 Å². The normalized spacial score (nSPS) is 22.8. The van der Waals surface area contributed by atoms with Crippen molar-refractivity contribution in [1.29, 1.82) is 0 Å². The van der Waals surface area contributed by atoms with Crippen LogP contribution in [0, 0.1) is 0 Å². The molecule has 1 aromatic rings. The number of nitrogen functional groups attached to an aromatic ring is 1. The van der Waals surface area contributed by atoms with Crippen molar-refractivity contribution in [1.82, 2.24) is 15.3 Å². The fraction of sp³-hybridized carbons (Fsp3) is 0.462. The van der Waals surface area contributed by atoms with Crippen molar-refractivity contribution < 1.29 is 9.53 Å². The van der Waals surface area contributed by atoms with Crippen molar-refractivity contribution in [3.8, 4) is 0 Å². The molecule has 6 heteroatoms. The average Bonchev–Trinajstić information content (AvgIpc) is 2.83. The summed E-state index contributed by atoms with van der Waals surface area (Å²) in [5.41, 5.74) is 5.88. The molecule has 2 heterocycles. The molecule has 1 saturated heterocycles. The van der Waals surface area contributed by atoms with Crippen molar-refractivity contribution in [2.45, 2.75) is 25.4 Å². The number of hydrogen-bond donors (Lipinski definition) is 2. The lowest BCUT2D eigenvalue weighted by Crippen LogP contribution is -2.39. The molecule has 1 amide bonds. The fourth-order valence-electron chi connectivity index (χ4n) is 1.92. The fourth-order valence-corrected chi connectivity index (χ4v) is 1.92. The van der Waals surface area contributed by atoms with Crippen molar-refractivity contribution >= 4 is 17.9 Å². The van der Waals surface area contributed by atoms with Crippen LogP contribution in [0.5, 0.6) is 0 Å². The molecule has 0 radical (unpaired) electrons. The van der Waals surface area contributed by atoms with Crippen LogP contribution in [0.25, 0.3) is 6.08 Å². The molecule has 1 atom stereocenters. The van der Waals surface area contributed by atoms with Gasteiger partial charge in [0.15, 0.2) is 0 Å². The second-order valence-electron chi connectivity index (χ2n) is 4.83. The number of ether oxygens (including phenoxy) is 1. The Balaban J connectivity index is 1.82. The van der Waals surface area contributed by atoms with Crippen LogP contribution in [0.1, 0.15) is 25.3 Å². The van der Waals surface area contributed by atoms with Crippen LogP contribution < -0.4 is 11.1 Å². The van der Waals surface area contributed by atoms with E-state index < -0.39 is 0 Å². The number of aromatic nitrogens is 2. The van der Waals surface area contributed by atoms with Crippen LogP contribution in [0.3, 0.4) is 0 Å². The minimum atomic E-state index is -0.228. The number of anilines is 1. The van der Waals surface area contributed by atoms with E-state index >= 15 is 0 Å². The molecule has 1 unspecified atom stereocenters. The zero-order chi connectivity index (χ0) is 13.7. The Morgan fingerprint density at radius 2 is 2.32 bits per heavy atom. The third-order valence-electron chi connectivity index (χ3n) is 3.06. The zero-order valence-corrected chi connectivity index (χ0v) is 10.9. The average molecular weight is 262 g/mol. The van der Waals surface area contributed by atoms with Crippen LogP contribution in [0.15, 0.2) is 18.5 Å². The van der Waals surface area contributed by atoms with E-state index in [-0.39, 0.29) is 17.5 Å². The van der Waals surface area contributed by atoms with Gasteiger partial charge in [0.25, 0.3) is 0 Å². The number of hydrogen-bond acceptors (Lipinski definition) is 5. The molecule has 0 spiro atoms. The maximum Gasteiger partial charge on any atom is 0.244 e. The summed E-state index contributed by atoms with van der Waals surface area (Å²) in [6.07, 6.45) is 8.24. The van der Waals surface area contributed by atoms with Gasteiger partial charge in [-0.05, 0) is 25.8 Å². The van der Waals surface area contributed by atoms with Crippen molar-refractivity contribution in [3.63, 3.8) is 0 Å². The zero-order valence-electron chi connectivity index (χ0n) is 10.9. The topological polar surface area (TPSA) is 90.1 Å². The van der Waals surface area contributed by atoms with Gasteiger partial charge in [-0.15, -0.1) is 0 Å². The van der Waals surface area contributed by atoms with E-state index in [9.17, 15) is 4.79 Å². The molecular weight excluding hydrogens is 244 g/mol. The second kappa shape index (κ2) is 5.79. The second-order valence-corrected chi connectivity index (χ2v) is 4.83. The summed E-state index contributed by atoms with van der Waals surface area (Å²) in [6.45, 7) is 3.30. The van der Waals surface area contributed by atoms with Gasteiger partial charge >= 0.3 is 0 Å². The van der Waals surface area contributed by atoms with Gasteiger partial charge in [0.2, 0.25) is 11.9 Å². The van der Waals surface area contributed by atoms with Gasteiger partial charge in [0, 0.05) is 37.2 Å². The molecule has 1 aromatic heterocycles. The summed E-state index contributed by atoms with van der Waals surface area (Å²) < 4.78 is 5.59. The SMILES string of the molecule is CC1(CNC(=O)C=Cc2cnc(N)nc2)CCCO1. The molecular formula is C13H18N4O2. The molecule has 0 saturated carbocycles. The van der Waals surface area contributed by atoms with Gasteiger partial charge in [-0.25, -0.2) is 9.97 Å². The Labute approximate surface area is 112 Å². The Kier molecular flexibility index (Phi) is 4.11. The first-order valence-corrected chi connectivity index (χ1v) is 6.25. The van der Waals surface area contributed by atoms with E-state index in [2.05, 4.69) is 15.3 Å². The third-order valence-corrected chi connectivity index (χ3v) is 3.06. The lowest BCUT2D eigenvalue weighted by molar-refractivity contribution is -0.117. The van der Waals surface area contributed by atoms with Gasteiger partial charge in [-0.2, -0.15) is 0 Å². The van der Waals surface area contributed by atoms with E-state index in [1.165, 1.54) is 6.08 Å². The highest BCUT2D eigenvalue weighted by atomic mass is 16.5. The first-order valence-electron chi connectivity index (χ1n) is 6.25. The number of nitrogens with two attached hydrogens (primary N) is 1. The molecule has 19 heavy (non-hydrogen) atoms. The lowest BCUT2D eigenvalue weighted by atomic mass is 10.0. The minimum Gasteiger partial charge on any atom is -0.373 e. The molecule has 1 fully saturated rings. The molecule has 3 N–H and O–H groups in total. The smallest absolute Gasteiger partial charge is 0.244 e. The highest BCUT2D eigenvalue weighted by molar-refractivity contribution is 5.91. The van der Waals surface area contributed by atoms with Crippen LogP contribution in [-0.4, -0.2) is 34.6 Å². The minimum absolute atomic E-state index is 0.159. The number of rotatable bonds is 4. The Morgan fingerprint density at radius 1 is 1.58 bits per heavy atom. The Bertz CT molecular complexity index is 464. The van der Waals surface area contributed by atoms with Gasteiger partial charge in [0.05, 0.1) is 5.60 Å². The maximum atomic E-state index is 11.7. The number of carbonyl (C=O) groups excluding carboxylic acids is 1. The number of nitrogens with zero attached hydrogens (tertiary/aromatic N) is 2. The van der Waals surface area contributed by atoms with Crippen LogP contribution in [0.2, 0.25) is 0 Å². The lowest BCUT2D eigenvalue weighted by Gasteiger charge is -2.22. The first kappa shape index (κ1) is 13.5. The summed E-state index contributed by atoms with van der Waals surface area (Å²) >= 11 is 0. The number of amides is 1. The molecule has 1 aliphatic heterocycles. The van der Waals surface area contributed by atoms with E-state index in [1.54, 1.807) is 18.5 Å². The number of carbonyl (C=O) groups is 1. The molecule has 0 aromatic carbocycles. The Morgan fingerprint density at radius 3 is 2.95 bits per heavy atom. The van der Waals surface area contributed by atoms with Crippen LogP contribution in [-0.2, 0) is 9.53 Å². The summed E-state index contributed by atoms with van der Waals surface area (Å²) in [6, 6.07) is 0. The molecule has 1 aliphatic rings. The molecule has 102 valence electrons. The summed E-state index contributed by atoms with van der Waals surface area (Å²) in [4.78, 5) is 19.3. The van der Waals surface area contributed by atoms with Crippen LogP contribution in [0.4, 0.5) is 5.95 Å². The predicted octanol–water partition coefficient (Wildman–Crippen LogP) is 0.757. The van der Waals surface area contributed by atoms with E-state index in [1.807, 2.05) is 6.92 Å². The third kappa shape index (κ3) is 4.03. The first-order chi connectivity index (χ1) is 9.07. The van der Waals surface area contributed by atoms with E-state index in [0.717, 1.165) is 25.0 Å².